The fourth-order valence-electron chi connectivity index (χ4n) is 6.35. The normalized spacial score (nSPS) is 20.8. The Bertz CT molecular complexity index is 1630. The Morgan fingerprint density at radius 3 is 2.51 bits per heavy atom. The lowest BCUT2D eigenvalue weighted by atomic mass is 9.68. The summed E-state index contributed by atoms with van der Waals surface area (Å²) in [6.07, 6.45) is 1.43. The van der Waals surface area contributed by atoms with Crippen LogP contribution in [0.15, 0.2) is 89.5 Å². The molecule has 0 radical (unpaired) electrons. The van der Waals surface area contributed by atoms with Gasteiger partial charge in [-0.25, -0.2) is 4.39 Å². The summed E-state index contributed by atoms with van der Waals surface area (Å²) in [5.41, 5.74) is 2.77. The van der Waals surface area contributed by atoms with Gasteiger partial charge in [0.25, 0.3) is 0 Å². The number of para-hydroxylation sites is 1. The van der Waals surface area contributed by atoms with Crippen LogP contribution in [0.4, 0.5) is 10.1 Å². The maximum atomic E-state index is 13.9. The van der Waals surface area contributed by atoms with E-state index in [1.54, 1.807) is 24.3 Å². The molecule has 234 valence electrons. The Morgan fingerprint density at radius 1 is 1.07 bits per heavy atom. The number of ether oxygens (including phenoxy) is 1. The van der Waals surface area contributed by atoms with Gasteiger partial charge in [-0.3, -0.25) is 14.5 Å². The molecule has 0 spiro atoms. The van der Waals surface area contributed by atoms with Crippen LogP contribution in [0.2, 0.25) is 0 Å². The number of hydrogen-bond acceptors (Lipinski definition) is 8. The fraction of sp³-hybridized carbons (Fsp3) is 0.294. The van der Waals surface area contributed by atoms with E-state index in [4.69, 9.17) is 4.74 Å². The minimum Gasteiger partial charge on any atom is -0.505 e. The molecular formula is C34H35BFNO8. The summed E-state index contributed by atoms with van der Waals surface area (Å²) in [6, 6.07) is 19.0. The summed E-state index contributed by atoms with van der Waals surface area (Å²) in [5, 5.41) is 51.0. The number of benzene rings is 3. The quantitative estimate of drug-likeness (QED) is 0.126. The molecular weight excluding hydrogens is 580 g/mol. The van der Waals surface area contributed by atoms with E-state index in [0.717, 1.165) is 10.5 Å². The second-order valence-electron chi connectivity index (χ2n) is 11.5. The zero-order chi connectivity index (χ0) is 32.2. The molecule has 5 N–H and O–H groups in total. The number of aliphatic hydroxyl groups excluding tert-OH is 2. The highest BCUT2D eigenvalue weighted by molar-refractivity contribution is 6.58. The van der Waals surface area contributed by atoms with Crippen LogP contribution in [0.25, 0.3) is 6.08 Å². The third-order valence-electron chi connectivity index (χ3n) is 8.52. The number of amides is 2. The average Bonchev–Trinajstić information content (AvgIpc) is 3.29. The van der Waals surface area contributed by atoms with E-state index >= 15 is 0 Å². The number of nitrogens with zero attached hydrogens (tertiary/aromatic N) is 1. The summed E-state index contributed by atoms with van der Waals surface area (Å²) < 4.78 is 19.9. The maximum Gasteiger partial charge on any atom is 0.488 e. The number of aromatic hydroxyl groups is 1. The summed E-state index contributed by atoms with van der Waals surface area (Å²) in [6.45, 7) is 1.37. The van der Waals surface area contributed by atoms with E-state index in [0.29, 0.717) is 28.9 Å². The van der Waals surface area contributed by atoms with Crippen LogP contribution in [0.5, 0.6) is 11.5 Å². The molecule has 5 rings (SSSR count). The van der Waals surface area contributed by atoms with Gasteiger partial charge in [-0.05, 0) is 84.8 Å². The van der Waals surface area contributed by atoms with Crippen molar-refractivity contribution >= 4 is 36.2 Å². The van der Waals surface area contributed by atoms with E-state index < -0.39 is 61.0 Å². The van der Waals surface area contributed by atoms with Gasteiger partial charge in [-0.2, -0.15) is 0 Å². The average molecular weight is 615 g/mol. The molecule has 0 unspecified atom stereocenters. The molecule has 1 aliphatic heterocycles. The summed E-state index contributed by atoms with van der Waals surface area (Å²) in [4.78, 5) is 28.6. The summed E-state index contributed by atoms with van der Waals surface area (Å²) >= 11 is 0. The number of anilines is 1. The van der Waals surface area contributed by atoms with Crippen molar-refractivity contribution in [1.29, 1.82) is 0 Å². The van der Waals surface area contributed by atoms with Crippen LogP contribution in [-0.2, 0) is 9.59 Å². The first-order valence-corrected chi connectivity index (χ1v) is 14.8. The van der Waals surface area contributed by atoms with Crippen LogP contribution in [0.1, 0.15) is 31.7 Å². The summed E-state index contributed by atoms with van der Waals surface area (Å²) in [7, 11) is -1.79. The molecule has 2 aliphatic rings. The number of phenols is 1. The van der Waals surface area contributed by atoms with E-state index in [-0.39, 0.29) is 30.6 Å². The van der Waals surface area contributed by atoms with Gasteiger partial charge in [0.05, 0.1) is 30.2 Å². The highest BCUT2D eigenvalue weighted by Gasteiger charge is 2.55. The molecule has 11 heteroatoms. The minimum atomic E-state index is -1.79. The van der Waals surface area contributed by atoms with Crippen molar-refractivity contribution in [2.24, 2.45) is 17.8 Å². The van der Waals surface area contributed by atoms with E-state index in [1.807, 2.05) is 25.1 Å². The molecule has 9 nitrogen and oxygen atoms in total. The summed E-state index contributed by atoms with van der Waals surface area (Å²) in [5.74, 6) is -4.23. The molecule has 1 saturated heterocycles. The van der Waals surface area contributed by atoms with Gasteiger partial charge in [-0.1, -0.05) is 48.0 Å². The number of halogens is 1. The van der Waals surface area contributed by atoms with E-state index in [9.17, 15) is 39.3 Å². The lowest BCUT2D eigenvalue weighted by Crippen LogP contribution is -2.40. The van der Waals surface area contributed by atoms with Crippen LogP contribution in [-0.4, -0.2) is 63.6 Å². The van der Waals surface area contributed by atoms with Gasteiger partial charge in [0.15, 0.2) is 11.6 Å². The van der Waals surface area contributed by atoms with Gasteiger partial charge < -0.3 is 30.1 Å². The van der Waals surface area contributed by atoms with Crippen LogP contribution >= 0.6 is 0 Å². The zero-order valence-electron chi connectivity index (χ0n) is 24.7. The molecule has 2 amide bonds. The standard InChI is InChI=1S/C34H35BFNO8/c1-20(14-21-11-13-29(39)28(36)15-21)10-12-30(40)31-22(19-45-25-8-3-2-4-9-25)16-26-32(27(31)18-38)34(42)37(33(26)41)24-7-5-6-23(17-24)35(43)44/h2-9,11,13-15,17,26-27,30,32,38-40,43-44H,10,12,16,18-19H2,1H3/b20-14+/t26-,27+,30-,32-/m1/s1. The Kier molecular flexibility index (Phi) is 9.84. The number of imide groups is 1. The first-order chi connectivity index (χ1) is 21.6. The number of allylic oxidation sites excluding steroid dienone is 1. The van der Waals surface area contributed by atoms with Gasteiger partial charge in [-0.15, -0.1) is 0 Å². The number of hydrogen-bond donors (Lipinski definition) is 5. The highest BCUT2D eigenvalue weighted by atomic mass is 19.1. The molecule has 0 bridgehead atoms. The van der Waals surface area contributed by atoms with E-state index in [2.05, 4.69) is 0 Å². The highest BCUT2D eigenvalue weighted by Crippen LogP contribution is 2.47. The predicted octanol–water partition coefficient (Wildman–Crippen LogP) is 2.95. The number of carbonyl (C=O) groups is 2. The Hall–Kier alpha value is -4.29. The van der Waals surface area contributed by atoms with Crippen LogP contribution in [0, 0.1) is 23.6 Å². The van der Waals surface area contributed by atoms with Crippen molar-refractivity contribution in [3.05, 3.63) is 101 Å². The molecule has 0 aromatic heterocycles. The second kappa shape index (κ2) is 13.8. The number of fused-ring (bicyclic) bond motifs is 1. The molecule has 1 fully saturated rings. The Labute approximate surface area is 260 Å². The number of rotatable bonds is 11. The predicted molar refractivity (Wildman–Crippen MR) is 167 cm³/mol. The second-order valence-corrected chi connectivity index (χ2v) is 11.5. The van der Waals surface area contributed by atoms with Crippen molar-refractivity contribution in [2.75, 3.05) is 18.1 Å². The fourth-order valence-corrected chi connectivity index (χ4v) is 6.35. The van der Waals surface area contributed by atoms with Gasteiger partial charge in [0, 0.05) is 5.92 Å². The van der Waals surface area contributed by atoms with Crippen molar-refractivity contribution in [2.45, 2.75) is 32.3 Å². The van der Waals surface area contributed by atoms with Gasteiger partial charge in [0.1, 0.15) is 12.4 Å². The van der Waals surface area contributed by atoms with Crippen molar-refractivity contribution in [1.82, 2.24) is 0 Å². The monoisotopic (exact) mass is 615 g/mol. The van der Waals surface area contributed by atoms with Crippen molar-refractivity contribution in [3.63, 3.8) is 0 Å². The minimum absolute atomic E-state index is 0.0331. The maximum absolute atomic E-state index is 13.9. The number of aliphatic hydroxyl groups is 2. The SMILES string of the molecule is C/C(=C\c1ccc(O)c(F)c1)CC[C@@H](O)C1=C(COc2ccccc2)C[C@H]2C(=O)N(c3cccc(B(O)O)c3)C(=O)[C@H]2[C@H]1CO. The first kappa shape index (κ1) is 32.1. The molecule has 3 aromatic carbocycles. The van der Waals surface area contributed by atoms with Gasteiger partial charge >= 0.3 is 7.12 Å². The largest absolute Gasteiger partial charge is 0.505 e. The smallest absolute Gasteiger partial charge is 0.488 e. The molecule has 3 aromatic rings. The third kappa shape index (κ3) is 6.86. The first-order valence-electron chi connectivity index (χ1n) is 14.8. The van der Waals surface area contributed by atoms with Gasteiger partial charge in [0.2, 0.25) is 11.8 Å². The van der Waals surface area contributed by atoms with Crippen LogP contribution in [0.3, 0.4) is 0 Å². The molecule has 4 atom stereocenters. The third-order valence-corrected chi connectivity index (χ3v) is 8.52. The zero-order valence-corrected chi connectivity index (χ0v) is 24.7. The van der Waals surface area contributed by atoms with Crippen molar-refractivity contribution in [3.8, 4) is 11.5 Å². The van der Waals surface area contributed by atoms with Crippen molar-refractivity contribution < 1.29 is 44.1 Å². The van der Waals surface area contributed by atoms with E-state index in [1.165, 1.54) is 36.4 Å². The molecule has 45 heavy (non-hydrogen) atoms. The molecule has 0 saturated carbocycles. The number of carbonyl (C=O) groups excluding carboxylic acids is 2. The molecule has 1 aliphatic carbocycles. The lowest BCUT2D eigenvalue weighted by molar-refractivity contribution is -0.123. The lowest BCUT2D eigenvalue weighted by Gasteiger charge is -2.36. The Morgan fingerprint density at radius 2 is 1.82 bits per heavy atom. The Balaban J connectivity index is 1.44. The molecule has 1 heterocycles. The van der Waals surface area contributed by atoms with Crippen LogP contribution < -0.4 is 15.1 Å². The number of phenolic OH excluding ortho intramolecular Hbond substituents is 1. The topological polar surface area (TPSA) is 148 Å².